The lowest BCUT2D eigenvalue weighted by Crippen LogP contribution is -2.02. The molecule has 0 bridgehead atoms. The highest BCUT2D eigenvalue weighted by Crippen LogP contribution is 2.13. The molecular formula is C14H14FN5O2. The topological polar surface area (TPSA) is 78.9 Å². The van der Waals surface area contributed by atoms with E-state index in [0.717, 1.165) is 11.4 Å². The van der Waals surface area contributed by atoms with Crippen LogP contribution in [0, 0.1) is 5.95 Å². The number of aromatic nitrogens is 5. The number of hydrogen-bond acceptors (Lipinski definition) is 6. The molecule has 0 radical (unpaired) electrons. The molecule has 0 aliphatic heterocycles. The minimum Gasteiger partial charge on any atom is -0.489 e. The Balaban J connectivity index is 1.44. The maximum absolute atomic E-state index is 13.2. The highest BCUT2D eigenvalue weighted by atomic mass is 19.1. The van der Waals surface area contributed by atoms with E-state index in [0.29, 0.717) is 26.0 Å². The minimum absolute atomic E-state index is 0.164. The van der Waals surface area contributed by atoms with Crippen LogP contribution in [0.3, 0.4) is 0 Å². The zero-order chi connectivity index (χ0) is 15.2. The van der Waals surface area contributed by atoms with Crippen LogP contribution < -0.4 is 4.74 Å². The van der Waals surface area contributed by atoms with E-state index in [9.17, 15) is 4.39 Å². The van der Waals surface area contributed by atoms with E-state index in [2.05, 4.69) is 20.5 Å². The second kappa shape index (κ2) is 6.79. The van der Waals surface area contributed by atoms with Gasteiger partial charge in [0.25, 0.3) is 5.95 Å². The Labute approximate surface area is 125 Å². The summed E-state index contributed by atoms with van der Waals surface area (Å²) in [6.45, 7) is 0.902. The molecule has 0 fully saturated rings. The van der Waals surface area contributed by atoms with Crippen molar-refractivity contribution in [2.45, 2.75) is 19.4 Å². The number of rotatable bonds is 7. The lowest BCUT2D eigenvalue weighted by Gasteiger charge is -2.04. The van der Waals surface area contributed by atoms with Gasteiger partial charge in [-0.3, -0.25) is 0 Å². The first-order valence-electron chi connectivity index (χ1n) is 6.83. The zero-order valence-corrected chi connectivity index (χ0v) is 11.7. The van der Waals surface area contributed by atoms with Crippen LogP contribution in [-0.4, -0.2) is 31.7 Å². The average molecular weight is 303 g/mol. The maximum atomic E-state index is 13.2. The molecule has 3 heterocycles. The molecule has 0 atom stereocenters. The van der Waals surface area contributed by atoms with Crippen LogP contribution in [-0.2, 0) is 13.0 Å². The fourth-order valence-electron chi connectivity index (χ4n) is 1.93. The van der Waals surface area contributed by atoms with Crippen molar-refractivity contribution in [1.82, 2.24) is 25.1 Å². The molecule has 0 aromatic carbocycles. The van der Waals surface area contributed by atoms with Crippen LogP contribution in [0.1, 0.15) is 17.8 Å². The molecule has 8 heteroatoms. The molecule has 22 heavy (non-hydrogen) atoms. The molecule has 0 saturated heterocycles. The SMILES string of the molecule is Fc1ncccc1OCCCc1cn(Cc2ccon2)nn1. The normalized spacial score (nSPS) is 10.8. The largest absolute Gasteiger partial charge is 0.489 e. The summed E-state index contributed by atoms with van der Waals surface area (Å²) in [5.74, 6) is -0.432. The van der Waals surface area contributed by atoms with Crippen molar-refractivity contribution < 1.29 is 13.7 Å². The number of pyridine rings is 1. The maximum Gasteiger partial charge on any atom is 0.255 e. The molecule has 7 nitrogen and oxygen atoms in total. The second-order valence-corrected chi connectivity index (χ2v) is 4.64. The summed E-state index contributed by atoms with van der Waals surface area (Å²) in [6, 6.07) is 4.96. The van der Waals surface area contributed by atoms with Crippen LogP contribution >= 0.6 is 0 Å². The van der Waals surface area contributed by atoms with Crippen LogP contribution in [0.15, 0.2) is 41.4 Å². The third-order valence-corrected chi connectivity index (χ3v) is 2.96. The van der Waals surface area contributed by atoms with Gasteiger partial charge in [-0.1, -0.05) is 10.4 Å². The van der Waals surface area contributed by atoms with Crippen molar-refractivity contribution in [3.05, 3.63) is 54.2 Å². The van der Waals surface area contributed by atoms with Gasteiger partial charge in [-0.05, 0) is 25.0 Å². The Morgan fingerprint density at radius 1 is 1.27 bits per heavy atom. The first-order chi connectivity index (χ1) is 10.8. The predicted molar refractivity (Wildman–Crippen MR) is 73.6 cm³/mol. The second-order valence-electron chi connectivity index (χ2n) is 4.64. The lowest BCUT2D eigenvalue weighted by molar-refractivity contribution is 0.291. The Hall–Kier alpha value is -2.77. The lowest BCUT2D eigenvalue weighted by atomic mass is 10.2. The van der Waals surface area contributed by atoms with Crippen LogP contribution in [0.2, 0.25) is 0 Å². The molecule has 3 aromatic heterocycles. The smallest absolute Gasteiger partial charge is 0.255 e. The number of nitrogens with zero attached hydrogens (tertiary/aromatic N) is 5. The van der Waals surface area contributed by atoms with Gasteiger partial charge in [0.2, 0.25) is 0 Å². The van der Waals surface area contributed by atoms with Gasteiger partial charge in [-0.25, -0.2) is 9.67 Å². The van der Waals surface area contributed by atoms with Crippen molar-refractivity contribution in [1.29, 1.82) is 0 Å². The van der Waals surface area contributed by atoms with Gasteiger partial charge in [0.05, 0.1) is 18.8 Å². The molecule has 0 spiro atoms. The van der Waals surface area contributed by atoms with Crippen LogP contribution in [0.25, 0.3) is 0 Å². The van der Waals surface area contributed by atoms with E-state index in [1.807, 2.05) is 6.20 Å². The Morgan fingerprint density at radius 3 is 3.05 bits per heavy atom. The van der Waals surface area contributed by atoms with Crippen molar-refractivity contribution in [3.63, 3.8) is 0 Å². The summed E-state index contributed by atoms with van der Waals surface area (Å²) in [5, 5.41) is 11.9. The van der Waals surface area contributed by atoms with E-state index in [1.165, 1.54) is 12.5 Å². The average Bonchev–Trinajstić information content (AvgIpc) is 3.18. The summed E-state index contributed by atoms with van der Waals surface area (Å²) >= 11 is 0. The molecule has 0 aliphatic carbocycles. The fraction of sp³-hybridized carbons (Fsp3) is 0.286. The minimum atomic E-state index is -0.596. The van der Waals surface area contributed by atoms with Crippen LogP contribution in [0.4, 0.5) is 4.39 Å². The van der Waals surface area contributed by atoms with E-state index < -0.39 is 5.95 Å². The quantitative estimate of drug-likeness (QED) is 0.489. The Morgan fingerprint density at radius 2 is 2.23 bits per heavy atom. The molecule has 114 valence electrons. The summed E-state index contributed by atoms with van der Waals surface area (Å²) in [7, 11) is 0. The number of aryl methyl sites for hydroxylation is 1. The van der Waals surface area contributed by atoms with Crippen molar-refractivity contribution in [3.8, 4) is 5.75 Å². The van der Waals surface area contributed by atoms with Crippen molar-refractivity contribution in [2.75, 3.05) is 6.61 Å². The van der Waals surface area contributed by atoms with E-state index >= 15 is 0 Å². The molecule has 0 saturated carbocycles. The van der Waals surface area contributed by atoms with E-state index in [-0.39, 0.29) is 5.75 Å². The molecule has 0 unspecified atom stereocenters. The highest BCUT2D eigenvalue weighted by molar-refractivity contribution is 5.17. The van der Waals surface area contributed by atoms with Crippen LogP contribution in [0.5, 0.6) is 5.75 Å². The van der Waals surface area contributed by atoms with Gasteiger partial charge in [0.15, 0.2) is 5.75 Å². The third-order valence-electron chi connectivity index (χ3n) is 2.96. The summed E-state index contributed by atoms with van der Waals surface area (Å²) in [4.78, 5) is 3.52. The molecule has 0 aliphatic rings. The van der Waals surface area contributed by atoms with Gasteiger partial charge in [-0.15, -0.1) is 5.10 Å². The van der Waals surface area contributed by atoms with E-state index in [4.69, 9.17) is 9.26 Å². The van der Waals surface area contributed by atoms with Gasteiger partial charge in [0.1, 0.15) is 12.0 Å². The highest BCUT2D eigenvalue weighted by Gasteiger charge is 2.05. The molecule has 0 amide bonds. The first kappa shape index (κ1) is 14.2. The monoisotopic (exact) mass is 303 g/mol. The fourth-order valence-corrected chi connectivity index (χ4v) is 1.93. The Bertz CT molecular complexity index is 714. The van der Waals surface area contributed by atoms with Gasteiger partial charge < -0.3 is 9.26 Å². The molecule has 0 N–H and O–H groups in total. The number of halogens is 1. The van der Waals surface area contributed by atoms with Gasteiger partial charge in [-0.2, -0.15) is 4.39 Å². The zero-order valence-electron chi connectivity index (χ0n) is 11.7. The third kappa shape index (κ3) is 3.66. The summed E-state index contributed by atoms with van der Waals surface area (Å²) in [5.41, 5.74) is 1.63. The van der Waals surface area contributed by atoms with Crippen molar-refractivity contribution >= 4 is 0 Å². The summed E-state index contributed by atoms with van der Waals surface area (Å²) in [6.07, 6.45) is 6.15. The standard InChI is InChI=1S/C14H14FN5O2/c15-14-13(4-1-6-16-14)21-7-2-3-11-9-20(19-17-11)10-12-5-8-22-18-12/h1,4-6,8-9H,2-3,7,10H2. The van der Waals surface area contributed by atoms with E-state index in [1.54, 1.807) is 22.9 Å². The van der Waals surface area contributed by atoms with Gasteiger partial charge in [0, 0.05) is 18.5 Å². The van der Waals surface area contributed by atoms with Gasteiger partial charge >= 0.3 is 0 Å². The molecule has 3 aromatic rings. The Kier molecular flexibility index (Phi) is 4.38. The first-order valence-corrected chi connectivity index (χ1v) is 6.83. The molecule has 3 rings (SSSR count). The molecular weight excluding hydrogens is 289 g/mol. The predicted octanol–water partition coefficient (Wildman–Crippen LogP) is 1.86. The number of hydrogen-bond donors (Lipinski definition) is 0. The van der Waals surface area contributed by atoms with Crippen molar-refractivity contribution in [2.24, 2.45) is 0 Å². The summed E-state index contributed by atoms with van der Waals surface area (Å²) < 4.78 is 25.0. The number of ether oxygens (including phenoxy) is 1.